The van der Waals surface area contributed by atoms with Crippen LogP contribution in [0.3, 0.4) is 0 Å². The summed E-state index contributed by atoms with van der Waals surface area (Å²) in [6.45, 7) is 2.85. The van der Waals surface area contributed by atoms with Gasteiger partial charge in [-0.05, 0) is 24.0 Å². The molecule has 0 spiro atoms. The molecule has 0 radical (unpaired) electrons. The maximum absolute atomic E-state index is 10.7. The second-order valence-electron chi connectivity index (χ2n) is 4.43. The van der Waals surface area contributed by atoms with Gasteiger partial charge in [-0.2, -0.15) is 0 Å². The molecule has 0 aliphatic heterocycles. The zero-order chi connectivity index (χ0) is 12.4. The molecule has 0 saturated heterocycles. The van der Waals surface area contributed by atoms with E-state index in [-0.39, 0.29) is 10.7 Å². The van der Waals surface area contributed by atoms with Gasteiger partial charge in [-0.25, -0.2) is 0 Å². The molecule has 1 N–H and O–H groups in total. The summed E-state index contributed by atoms with van der Waals surface area (Å²) < 4.78 is 0. The number of hydrogen-bond donors (Lipinski definition) is 1. The summed E-state index contributed by atoms with van der Waals surface area (Å²) in [5.74, 6) is 0.775. The zero-order valence-corrected chi connectivity index (χ0v) is 10.4. The fourth-order valence-corrected chi connectivity index (χ4v) is 2.19. The molecule has 5 heteroatoms. The van der Waals surface area contributed by atoms with Crippen LogP contribution in [0.1, 0.15) is 25.3 Å². The first-order chi connectivity index (χ1) is 8.11. The van der Waals surface area contributed by atoms with Gasteiger partial charge in [-0.15, -0.1) is 0 Å². The minimum atomic E-state index is -0.447. The van der Waals surface area contributed by atoms with Crippen molar-refractivity contribution in [2.45, 2.75) is 32.4 Å². The third-order valence-electron chi connectivity index (χ3n) is 3.22. The maximum atomic E-state index is 10.7. The fraction of sp³-hybridized carbons (Fsp3) is 0.500. The van der Waals surface area contributed by atoms with Gasteiger partial charge >= 0.3 is 0 Å². The molecule has 2 atom stereocenters. The molecule has 0 aromatic heterocycles. The van der Waals surface area contributed by atoms with Crippen molar-refractivity contribution in [2.24, 2.45) is 5.92 Å². The molecule has 1 aliphatic carbocycles. The van der Waals surface area contributed by atoms with E-state index < -0.39 is 4.92 Å². The third kappa shape index (κ3) is 2.96. The molecule has 4 nitrogen and oxygen atoms in total. The number of rotatable bonds is 5. The first kappa shape index (κ1) is 12.3. The second-order valence-corrected chi connectivity index (χ2v) is 4.84. The van der Waals surface area contributed by atoms with Crippen LogP contribution in [-0.4, -0.2) is 11.0 Å². The molecule has 2 unspecified atom stereocenters. The molecule has 17 heavy (non-hydrogen) atoms. The highest BCUT2D eigenvalue weighted by atomic mass is 35.5. The van der Waals surface area contributed by atoms with Crippen LogP contribution < -0.4 is 5.32 Å². The Morgan fingerprint density at radius 2 is 2.35 bits per heavy atom. The van der Waals surface area contributed by atoms with Crippen LogP contribution in [0.25, 0.3) is 0 Å². The normalized spacial score (nSPS) is 22.5. The standard InChI is InChI=1S/C12H15ClN2O2/c1-2-9-6-11(9)14-7-8-3-4-10(13)12(5-8)15(16)17/h3-5,9,11,14H,2,6-7H2,1H3. The van der Waals surface area contributed by atoms with Crippen LogP contribution >= 0.6 is 11.6 Å². The molecular formula is C12H15ClN2O2. The molecule has 1 fully saturated rings. The van der Waals surface area contributed by atoms with Crippen LogP contribution in [0.15, 0.2) is 18.2 Å². The maximum Gasteiger partial charge on any atom is 0.288 e. The molecule has 1 aromatic rings. The van der Waals surface area contributed by atoms with Gasteiger partial charge in [0.1, 0.15) is 5.02 Å². The number of halogens is 1. The number of benzene rings is 1. The lowest BCUT2D eigenvalue weighted by molar-refractivity contribution is -0.384. The lowest BCUT2D eigenvalue weighted by Gasteiger charge is -2.04. The van der Waals surface area contributed by atoms with Gasteiger partial charge < -0.3 is 5.32 Å². The molecular weight excluding hydrogens is 240 g/mol. The molecule has 92 valence electrons. The van der Waals surface area contributed by atoms with Crippen LogP contribution in [0.2, 0.25) is 5.02 Å². The highest BCUT2D eigenvalue weighted by Gasteiger charge is 2.34. The highest BCUT2D eigenvalue weighted by molar-refractivity contribution is 6.32. The van der Waals surface area contributed by atoms with Gasteiger partial charge in [0.25, 0.3) is 5.69 Å². The van der Waals surface area contributed by atoms with Crippen LogP contribution in [0.4, 0.5) is 5.69 Å². The van der Waals surface area contributed by atoms with Crippen LogP contribution in [0, 0.1) is 16.0 Å². The summed E-state index contributed by atoms with van der Waals surface area (Å²) in [6.07, 6.45) is 2.41. The van der Waals surface area contributed by atoms with E-state index in [9.17, 15) is 10.1 Å². The quantitative estimate of drug-likeness (QED) is 0.649. The number of hydrogen-bond acceptors (Lipinski definition) is 3. The first-order valence-electron chi connectivity index (χ1n) is 5.78. The van der Waals surface area contributed by atoms with E-state index in [4.69, 9.17) is 11.6 Å². The largest absolute Gasteiger partial charge is 0.310 e. The molecule has 1 saturated carbocycles. The van der Waals surface area contributed by atoms with Crippen molar-refractivity contribution < 1.29 is 4.92 Å². The fourth-order valence-electron chi connectivity index (χ4n) is 2.01. The summed E-state index contributed by atoms with van der Waals surface area (Å²) in [7, 11) is 0. The zero-order valence-electron chi connectivity index (χ0n) is 9.65. The van der Waals surface area contributed by atoms with Gasteiger partial charge in [-0.1, -0.05) is 31.0 Å². The van der Waals surface area contributed by atoms with Crippen molar-refractivity contribution in [3.8, 4) is 0 Å². The van der Waals surface area contributed by atoms with Crippen LogP contribution in [0.5, 0.6) is 0 Å². The molecule has 0 heterocycles. The van der Waals surface area contributed by atoms with E-state index in [0.29, 0.717) is 12.6 Å². The van der Waals surface area contributed by atoms with Crippen molar-refractivity contribution in [3.63, 3.8) is 0 Å². The Morgan fingerprint density at radius 3 is 2.94 bits per heavy atom. The number of nitrogens with one attached hydrogen (secondary N) is 1. The predicted molar refractivity (Wildman–Crippen MR) is 67.1 cm³/mol. The van der Waals surface area contributed by atoms with Crippen molar-refractivity contribution in [3.05, 3.63) is 38.9 Å². The summed E-state index contributed by atoms with van der Waals surface area (Å²) >= 11 is 5.75. The van der Waals surface area contributed by atoms with Gasteiger partial charge in [0, 0.05) is 18.7 Å². The van der Waals surface area contributed by atoms with E-state index in [1.165, 1.54) is 12.8 Å². The number of nitrogens with zero attached hydrogens (tertiary/aromatic N) is 1. The Kier molecular flexibility index (Phi) is 3.64. The summed E-state index contributed by atoms with van der Waals surface area (Å²) in [5, 5.41) is 14.3. The predicted octanol–water partition coefficient (Wildman–Crippen LogP) is 3.14. The Hall–Kier alpha value is -1.13. The molecule has 0 amide bonds. The number of nitro benzene ring substituents is 1. The summed E-state index contributed by atoms with van der Waals surface area (Å²) in [6, 6.07) is 5.53. The lowest BCUT2D eigenvalue weighted by atomic mass is 10.2. The molecule has 2 rings (SSSR count). The SMILES string of the molecule is CCC1CC1NCc1ccc(Cl)c([N+](=O)[O-])c1. The average Bonchev–Trinajstić information content (AvgIpc) is 3.06. The topological polar surface area (TPSA) is 55.2 Å². The van der Waals surface area contributed by atoms with Crippen molar-refractivity contribution in [1.82, 2.24) is 5.32 Å². The monoisotopic (exact) mass is 254 g/mol. The Bertz CT molecular complexity index is 437. The van der Waals surface area contributed by atoms with Gasteiger partial charge in [0.05, 0.1) is 4.92 Å². The second kappa shape index (κ2) is 5.02. The van der Waals surface area contributed by atoms with E-state index in [2.05, 4.69) is 12.2 Å². The van der Waals surface area contributed by atoms with Gasteiger partial charge in [-0.3, -0.25) is 10.1 Å². The van der Waals surface area contributed by atoms with Crippen molar-refractivity contribution in [2.75, 3.05) is 0 Å². The smallest absolute Gasteiger partial charge is 0.288 e. The first-order valence-corrected chi connectivity index (χ1v) is 6.15. The Balaban J connectivity index is 1.97. The van der Waals surface area contributed by atoms with Crippen LogP contribution in [-0.2, 0) is 6.54 Å². The highest BCUT2D eigenvalue weighted by Crippen LogP contribution is 2.33. The van der Waals surface area contributed by atoms with E-state index in [1.54, 1.807) is 12.1 Å². The minimum Gasteiger partial charge on any atom is -0.310 e. The minimum absolute atomic E-state index is 0.0196. The van der Waals surface area contributed by atoms with Crippen molar-refractivity contribution >= 4 is 17.3 Å². The molecule has 1 aromatic carbocycles. The lowest BCUT2D eigenvalue weighted by Crippen LogP contribution is -2.17. The Labute approximate surface area is 105 Å². The summed E-state index contributed by atoms with van der Waals surface area (Å²) in [5.41, 5.74) is 0.886. The van der Waals surface area contributed by atoms with Gasteiger partial charge in [0.15, 0.2) is 0 Å². The van der Waals surface area contributed by atoms with E-state index in [0.717, 1.165) is 11.5 Å². The van der Waals surface area contributed by atoms with E-state index >= 15 is 0 Å². The third-order valence-corrected chi connectivity index (χ3v) is 3.54. The molecule has 0 bridgehead atoms. The number of nitro groups is 1. The van der Waals surface area contributed by atoms with E-state index in [1.807, 2.05) is 6.07 Å². The van der Waals surface area contributed by atoms with Crippen molar-refractivity contribution in [1.29, 1.82) is 0 Å². The van der Waals surface area contributed by atoms with Gasteiger partial charge in [0.2, 0.25) is 0 Å². The Morgan fingerprint density at radius 1 is 1.59 bits per heavy atom. The summed E-state index contributed by atoms with van der Waals surface area (Å²) in [4.78, 5) is 10.3. The molecule has 1 aliphatic rings. The average molecular weight is 255 g/mol.